The number of halogens is 4. The van der Waals surface area contributed by atoms with Crippen molar-refractivity contribution in [3.63, 3.8) is 0 Å². The number of likely N-dealkylation sites (N-methyl/N-ethyl adjacent to an activating group) is 1. The van der Waals surface area contributed by atoms with E-state index in [1.165, 1.54) is 39.1 Å². The maximum Gasteiger partial charge on any atom is 1.00 e. The van der Waals surface area contributed by atoms with Crippen LogP contribution in [0.15, 0.2) is 0 Å². The fraction of sp³-hybridized carbons (Fsp3) is 1.00. The van der Waals surface area contributed by atoms with Crippen molar-refractivity contribution in [1.29, 1.82) is 0 Å². The Morgan fingerprint density at radius 1 is 1.20 bits per heavy atom. The van der Waals surface area contributed by atoms with E-state index in [-0.39, 0.29) is 1.43 Å². The molecule has 7 heteroatoms. The van der Waals surface area contributed by atoms with Gasteiger partial charge in [0.1, 0.15) is 0 Å². The number of hydrogen-bond acceptors (Lipinski definition) is 2. The van der Waals surface area contributed by atoms with E-state index in [1.54, 1.807) is 0 Å². The maximum atomic E-state index is 9.75. The number of rotatable bonds is 3. The molecule has 0 spiro atoms. The summed E-state index contributed by atoms with van der Waals surface area (Å²) in [4.78, 5) is 4.89. The van der Waals surface area contributed by atoms with Crippen molar-refractivity contribution in [2.24, 2.45) is 0 Å². The molecule has 0 amide bonds. The molecule has 0 unspecified atom stereocenters. The van der Waals surface area contributed by atoms with E-state index < -0.39 is 7.25 Å². The highest BCUT2D eigenvalue weighted by Gasteiger charge is 2.20. The van der Waals surface area contributed by atoms with Gasteiger partial charge in [-0.15, -0.1) is 0 Å². The smallest absolute Gasteiger partial charge is 0.418 e. The highest BCUT2D eigenvalue weighted by Crippen LogP contribution is 2.06. The second-order valence-corrected chi connectivity index (χ2v) is 3.69. The van der Waals surface area contributed by atoms with Gasteiger partial charge in [-0.25, -0.2) is 0 Å². The Labute approximate surface area is 89.8 Å². The van der Waals surface area contributed by atoms with Gasteiger partial charge in [0.05, 0.1) is 6.67 Å². The van der Waals surface area contributed by atoms with E-state index in [4.69, 9.17) is 0 Å². The average molecular weight is 230 g/mol. The molecular formula is C8H19BF4N2. The van der Waals surface area contributed by atoms with Gasteiger partial charge in [0.15, 0.2) is 0 Å². The molecule has 1 saturated heterocycles. The van der Waals surface area contributed by atoms with Crippen molar-refractivity contribution < 1.29 is 18.7 Å². The molecule has 0 aromatic heterocycles. The summed E-state index contributed by atoms with van der Waals surface area (Å²) in [5, 5.41) is 0. The first-order valence-corrected chi connectivity index (χ1v) is 5.11. The van der Waals surface area contributed by atoms with Crippen molar-refractivity contribution >= 4 is 7.25 Å². The first-order chi connectivity index (χ1) is 6.83. The van der Waals surface area contributed by atoms with Gasteiger partial charge in [0.25, 0.3) is 0 Å². The molecule has 0 atom stereocenters. The highest BCUT2D eigenvalue weighted by atomic mass is 19.5. The first kappa shape index (κ1) is 14.7. The molecule has 1 heterocycles. The van der Waals surface area contributed by atoms with Gasteiger partial charge < -0.3 is 17.3 Å². The topological polar surface area (TPSA) is 6.48 Å². The summed E-state index contributed by atoms with van der Waals surface area (Å²) < 4.78 is 39.0. The molecule has 92 valence electrons. The molecule has 1 aliphatic rings. The van der Waals surface area contributed by atoms with Gasteiger partial charge in [-0.05, 0) is 20.0 Å². The zero-order chi connectivity index (χ0) is 11.9. The molecule has 0 aromatic carbocycles. The van der Waals surface area contributed by atoms with Crippen LogP contribution in [0.3, 0.4) is 0 Å². The van der Waals surface area contributed by atoms with E-state index in [2.05, 4.69) is 23.8 Å². The molecule has 1 fully saturated rings. The number of unbranched alkanes of at least 4 members (excludes halogenated alkanes) is 1. The van der Waals surface area contributed by atoms with E-state index in [1.807, 2.05) is 0 Å². The van der Waals surface area contributed by atoms with E-state index >= 15 is 0 Å². The van der Waals surface area contributed by atoms with Gasteiger partial charge in [0.2, 0.25) is 0 Å². The van der Waals surface area contributed by atoms with Crippen LogP contribution in [0.25, 0.3) is 0 Å². The minimum atomic E-state index is -6.00. The molecule has 0 aliphatic carbocycles. The fourth-order valence-corrected chi connectivity index (χ4v) is 1.36. The standard InChI is InChI=1S/C8H18N2.BF4/c1-3-4-5-10-7-6-9(2)8-10;2-1(3,4)5/h3-8H2,1-2H3;/q;-1/p+1. The Balaban J connectivity index is 0. The molecule has 0 radical (unpaired) electrons. The Morgan fingerprint density at radius 2 is 1.73 bits per heavy atom. The van der Waals surface area contributed by atoms with Gasteiger partial charge in [-0.2, -0.15) is 0 Å². The maximum absolute atomic E-state index is 9.75. The van der Waals surface area contributed by atoms with Gasteiger partial charge in [0, 0.05) is 13.1 Å². The summed E-state index contributed by atoms with van der Waals surface area (Å²) in [5.41, 5.74) is 0. The third-order valence-electron chi connectivity index (χ3n) is 2.07. The number of hydrogen-bond donors (Lipinski definition) is 0. The predicted octanol–water partition coefficient (Wildman–Crippen LogP) is 2.40. The summed E-state index contributed by atoms with van der Waals surface area (Å²) in [6, 6.07) is 0. The van der Waals surface area contributed by atoms with Crippen LogP contribution in [-0.2, 0) is 0 Å². The van der Waals surface area contributed by atoms with Crippen molar-refractivity contribution in [3.05, 3.63) is 0 Å². The lowest BCUT2D eigenvalue weighted by Crippen LogP contribution is -2.23. The molecule has 0 saturated carbocycles. The van der Waals surface area contributed by atoms with Gasteiger partial charge >= 0.3 is 8.68 Å². The summed E-state index contributed by atoms with van der Waals surface area (Å²) in [5.74, 6) is 0. The molecule has 0 N–H and O–H groups in total. The summed E-state index contributed by atoms with van der Waals surface area (Å²) in [7, 11) is -3.81. The molecule has 0 bridgehead atoms. The van der Waals surface area contributed by atoms with Crippen LogP contribution >= 0.6 is 0 Å². The second kappa shape index (κ2) is 7.06. The summed E-state index contributed by atoms with van der Waals surface area (Å²) in [6.07, 6.45) is 2.67. The van der Waals surface area contributed by atoms with E-state index in [9.17, 15) is 17.3 Å². The van der Waals surface area contributed by atoms with Gasteiger partial charge in [-0.3, -0.25) is 9.80 Å². The van der Waals surface area contributed by atoms with Crippen LogP contribution in [-0.4, -0.2) is 50.4 Å². The summed E-state index contributed by atoms with van der Waals surface area (Å²) in [6.45, 7) is 7.25. The van der Waals surface area contributed by atoms with Crippen molar-refractivity contribution in [3.8, 4) is 0 Å². The zero-order valence-electron chi connectivity index (χ0n) is 10.2. The fourth-order valence-electron chi connectivity index (χ4n) is 1.36. The molecule has 1 rings (SSSR count). The lowest BCUT2D eigenvalue weighted by atomic mass is 10.3. The first-order valence-electron chi connectivity index (χ1n) is 5.11. The Hall–Kier alpha value is -0.295. The van der Waals surface area contributed by atoms with Crippen molar-refractivity contribution in [2.75, 3.05) is 33.4 Å². The molecule has 15 heavy (non-hydrogen) atoms. The van der Waals surface area contributed by atoms with Crippen LogP contribution in [0, 0.1) is 0 Å². The van der Waals surface area contributed by atoms with E-state index in [0.717, 1.165) is 0 Å². The SMILES string of the molecule is CCCCN1CCN(C)C1.F[B-](F)(F)F.[H+]. The predicted molar refractivity (Wildman–Crippen MR) is 55.3 cm³/mol. The lowest BCUT2D eigenvalue weighted by molar-refractivity contribution is 0.271. The van der Waals surface area contributed by atoms with Crippen LogP contribution in [0.4, 0.5) is 17.3 Å². The van der Waals surface area contributed by atoms with Crippen molar-refractivity contribution in [1.82, 2.24) is 9.80 Å². The second-order valence-electron chi connectivity index (χ2n) is 3.69. The van der Waals surface area contributed by atoms with E-state index in [0.29, 0.717) is 0 Å². The van der Waals surface area contributed by atoms with Gasteiger partial charge in [-0.1, -0.05) is 13.3 Å². The zero-order valence-corrected chi connectivity index (χ0v) is 9.23. The molecule has 0 aromatic rings. The Bertz CT molecular complexity index is 165. The van der Waals surface area contributed by atoms with Crippen molar-refractivity contribution in [2.45, 2.75) is 19.8 Å². The van der Waals surface area contributed by atoms with Crippen LogP contribution < -0.4 is 0 Å². The number of nitrogens with zero attached hydrogens (tertiary/aromatic N) is 2. The minimum absolute atomic E-state index is 0. The molecule has 1 aliphatic heterocycles. The quantitative estimate of drug-likeness (QED) is 0.542. The molecule has 2 nitrogen and oxygen atoms in total. The Morgan fingerprint density at radius 3 is 2.07 bits per heavy atom. The third-order valence-corrected chi connectivity index (χ3v) is 2.07. The van der Waals surface area contributed by atoms with Crippen LogP contribution in [0.1, 0.15) is 21.2 Å². The average Bonchev–Trinajstić information content (AvgIpc) is 2.45. The summed E-state index contributed by atoms with van der Waals surface area (Å²) >= 11 is 0. The van der Waals surface area contributed by atoms with Crippen LogP contribution in [0.5, 0.6) is 0 Å². The Kier molecular flexibility index (Phi) is 6.92. The lowest BCUT2D eigenvalue weighted by Gasteiger charge is -2.13. The van der Waals surface area contributed by atoms with Crippen LogP contribution in [0.2, 0.25) is 0 Å². The third kappa shape index (κ3) is 11.6. The largest absolute Gasteiger partial charge is 1.00 e. The highest BCUT2D eigenvalue weighted by molar-refractivity contribution is 6.50. The minimum Gasteiger partial charge on any atom is -0.418 e. The monoisotopic (exact) mass is 230 g/mol. The normalized spacial score (nSPS) is 18.8. The molecular weight excluding hydrogens is 211 g/mol.